The Kier molecular flexibility index (Phi) is 4.91. The van der Waals surface area contributed by atoms with Crippen molar-refractivity contribution in [3.8, 4) is 0 Å². The highest BCUT2D eigenvalue weighted by Crippen LogP contribution is 2.30. The van der Waals surface area contributed by atoms with Crippen LogP contribution in [0.4, 0.5) is 0 Å². The average molecular weight is 411 g/mol. The van der Waals surface area contributed by atoms with Crippen LogP contribution in [0.2, 0.25) is 0 Å². The molecule has 0 spiro atoms. The van der Waals surface area contributed by atoms with Gasteiger partial charge in [0.25, 0.3) is 17.4 Å². The van der Waals surface area contributed by atoms with Gasteiger partial charge in [-0.05, 0) is 38.5 Å². The van der Waals surface area contributed by atoms with Crippen molar-refractivity contribution in [3.05, 3.63) is 57.2 Å². The predicted molar refractivity (Wildman–Crippen MR) is 110 cm³/mol. The van der Waals surface area contributed by atoms with E-state index in [2.05, 4.69) is 15.0 Å². The zero-order chi connectivity index (χ0) is 20.7. The van der Waals surface area contributed by atoms with Crippen LogP contribution in [0.3, 0.4) is 0 Å². The lowest BCUT2D eigenvalue weighted by molar-refractivity contribution is 0.0240. The number of hydrogen-bond donors (Lipinski definition) is 1. The molecule has 3 aromatic heterocycles. The standard InChI is InChI=1S/C20H21N5O3S/c1-11-15-17(26)22-10-23-18(15)29-16(11)20(28)25-9-8-24(12(2)13(25)3)19(27)14-6-4-5-7-21-14/h4-7,10,12-13H,8-9H2,1-3H3,(H,22,23,26)/t12-,13+/m1/s1. The third kappa shape index (κ3) is 3.21. The van der Waals surface area contributed by atoms with Gasteiger partial charge in [0.15, 0.2) is 0 Å². The number of carbonyl (C=O) groups is 2. The Hall–Kier alpha value is -3.07. The summed E-state index contributed by atoms with van der Waals surface area (Å²) in [6, 6.07) is 4.90. The van der Waals surface area contributed by atoms with Gasteiger partial charge in [-0.2, -0.15) is 0 Å². The molecule has 0 unspecified atom stereocenters. The fraction of sp³-hybridized carbons (Fsp3) is 0.350. The number of aromatic amines is 1. The lowest BCUT2D eigenvalue weighted by Gasteiger charge is -2.44. The molecule has 3 aromatic rings. The minimum absolute atomic E-state index is 0.130. The highest BCUT2D eigenvalue weighted by Gasteiger charge is 2.37. The smallest absolute Gasteiger partial charge is 0.272 e. The minimum Gasteiger partial charge on any atom is -0.331 e. The Morgan fingerprint density at radius 1 is 1.10 bits per heavy atom. The van der Waals surface area contributed by atoms with Crippen molar-refractivity contribution in [3.63, 3.8) is 0 Å². The lowest BCUT2D eigenvalue weighted by atomic mass is 10.0. The number of amides is 2. The number of aryl methyl sites for hydroxylation is 1. The van der Waals surface area contributed by atoms with Crippen LogP contribution in [0.1, 0.15) is 39.6 Å². The van der Waals surface area contributed by atoms with Gasteiger partial charge in [0.2, 0.25) is 0 Å². The van der Waals surface area contributed by atoms with Gasteiger partial charge in [-0.25, -0.2) is 4.98 Å². The third-order valence-corrected chi connectivity index (χ3v) is 6.78. The van der Waals surface area contributed by atoms with E-state index < -0.39 is 0 Å². The molecule has 9 heteroatoms. The molecule has 4 heterocycles. The highest BCUT2D eigenvalue weighted by atomic mass is 32.1. The van der Waals surface area contributed by atoms with E-state index in [-0.39, 0.29) is 29.5 Å². The SMILES string of the molecule is Cc1c(C(=O)N2CCN(C(=O)c3ccccn3)[C@H](C)[C@@H]2C)sc2nc[nH]c(=O)c12. The molecule has 2 atom stereocenters. The van der Waals surface area contributed by atoms with E-state index in [0.717, 1.165) is 0 Å². The second kappa shape index (κ2) is 7.40. The van der Waals surface area contributed by atoms with Crippen LogP contribution in [0.5, 0.6) is 0 Å². The average Bonchev–Trinajstić information content (AvgIpc) is 3.07. The number of carbonyl (C=O) groups excluding carboxylic acids is 2. The minimum atomic E-state index is -0.241. The molecular formula is C20H21N5O3S. The van der Waals surface area contributed by atoms with Gasteiger partial charge in [-0.15, -0.1) is 11.3 Å². The summed E-state index contributed by atoms with van der Waals surface area (Å²) >= 11 is 1.23. The van der Waals surface area contributed by atoms with Crippen LogP contribution in [0, 0.1) is 6.92 Å². The Balaban J connectivity index is 1.59. The fourth-order valence-corrected chi connectivity index (χ4v) is 4.87. The van der Waals surface area contributed by atoms with Crippen LogP contribution in [0.25, 0.3) is 10.2 Å². The van der Waals surface area contributed by atoms with Crippen LogP contribution in [0.15, 0.2) is 35.5 Å². The number of rotatable bonds is 2. The molecule has 0 saturated carbocycles. The van der Waals surface area contributed by atoms with Crippen LogP contribution in [-0.4, -0.2) is 61.7 Å². The Bertz CT molecular complexity index is 1140. The second-order valence-electron chi connectivity index (χ2n) is 7.16. The van der Waals surface area contributed by atoms with E-state index in [9.17, 15) is 14.4 Å². The maximum Gasteiger partial charge on any atom is 0.272 e. The molecule has 1 aliphatic rings. The van der Waals surface area contributed by atoms with Crippen molar-refractivity contribution in [1.82, 2.24) is 24.8 Å². The lowest BCUT2D eigenvalue weighted by Crippen LogP contribution is -2.60. The van der Waals surface area contributed by atoms with Crippen molar-refractivity contribution in [2.75, 3.05) is 13.1 Å². The third-order valence-electron chi connectivity index (χ3n) is 5.60. The zero-order valence-electron chi connectivity index (χ0n) is 16.4. The summed E-state index contributed by atoms with van der Waals surface area (Å²) < 4.78 is 0. The van der Waals surface area contributed by atoms with Gasteiger partial charge in [-0.1, -0.05) is 6.07 Å². The fourth-order valence-electron chi connectivity index (χ4n) is 3.77. The summed E-state index contributed by atoms with van der Waals surface area (Å²) in [4.78, 5) is 53.7. The number of aromatic nitrogens is 3. The van der Waals surface area contributed by atoms with Gasteiger partial charge in [0, 0.05) is 31.4 Å². The molecule has 0 aromatic carbocycles. The summed E-state index contributed by atoms with van der Waals surface area (Å²) in [5.41, 5.74) is 0.808. The number of pyridine rings is 1. The quantitative estimate of drug-likeness (QED) is 0.696. The van der Waals surface area contributed by atoms with Crippen molar-refractivity contribution in [1.29, 1.82) is 0 Å². The molecule has 0 aliphatic carbocycles. The van der Waals surface area contributed by atoms with E-state index >= 15 is 0 Å². The number of piperazine rings is 1. The molecule has 2 amide bonds. The molecule has 1 fully saturated rings. The van der Waals surface area contributed by atoms with Crippen LogP contribution in [-0.2, 0) is 0 Å². The van der Waals surface area contributed by atoms with Gasteiger partial charge >= 0.3 is 0 Å². The van der Waals surface area contributed by atoms with E-state index in [1.54, 1.807) is 41.1 Å². The molecular weight excluding hydrogens is 390 g/mol. The summed E-state index contributed by atoms with van der Waals surface area (Å²) in [6.45, 7) is 6.50. The van der Waals surface area contributed by atoms with Gasteiger partial charge < -0.3 is 14.8 Å². The van der Waals surface area contributed by atoms with E-state index in [4.69, 9.17) is 0 Å². The largest absolute Gasteiger partial charge is 0.331 e. The summed E-state index contributed by atoms with van der Waals surface area (Å²) in [6.07, 6.45) is 2.95. The zero-order valence-corrected chi connectivity index (χ0v) is 17.2. The highest BCUT2D eigenvalue weighted by molar-refractivity contribution is 7.20. The number of thiophene rings is 1. The maximum atomic E-state index is 13.3. The molecule has 0 radical (unpaired) electrons. The number of fused-ring (bicyclic) bond motifs is 1. The Labute approximate surface area is 171 Å². The van der Waals surface area contributed by atoms with E-state index in [1.165, 1.54) is 17.7 Å². The number of nitrogens with one attached hydrogen (secondary N) is 1. The molecule has 1 saturated heterocycles. The van der Waals surface area contributed by atoms with Crippen LogP contribution < -0.4 is 5.56 Å². The molecule has 1 N–H and O–H groups in total. The van der Waals surface area contributed by atoms with E-state index in [1.807, 2.05) is 13.8 Å². The number of H-pyrrole nitrogens is 1. The normalized spacial score (nSPS) is 19.6. The van der Waals surface area contributed by atoms with Crippen molar-refractivity contribution >= 4 is 33.4 Å². The first-order valence-corrected chi connectivity index (χ1v) is 10.2. The van der Waals surface area contributed by atoms with Crippen molar-refractivity contribution < 1.29 is 9.59 Å². The molecule has 150 valence electrons. The second-order valence-corrected chi connectivity index (χ2v) is 8.16. The Morgan fingerprint density at radius 3 is 2.41 bits per heavy atom. The maximum absolute atomic E-state index is 13.3. The van der Waals surface area contributed by atoms with Crippen LogP contribution >= 0.6 is 11.3 Å². The first-order valence-electron chi connectivity index (χ1n) is 9.40. The first-order chi connectivity index (χ1) is 13.9. The molecule has 1 aliphatic heterocycles. The monoisotopic (exact) mass is 411 g/mol. The molecule has 8 nitrogen and oxygen atoms in total. The Morgan fingerprint density at radius 2 is 1.79 bits per heavy atom. The summed E-state index contributed by atoms with van der Waals surface area (Å²) in [5, 5.41) is 0.463. The van der Waals surface area contributed by atoms with Crippen molar-refractivity contribution in [2.45, 2.75) is 32.9 Å². The molecule has 4 rings (SSSR count). The predicted octanol–water partition coefficient (Wildman–Crippen LogP) is 2.06. The molecule has 0 bridgehead atoms. The topological polar surface area (TPSA) is 99.3 Å². The molecule has 29 heavy (non-hydrogen) atoms. The van der Waals surface area contributed by atoms with Gasteiger partial charge in [0.05, 0.1) is 16.6 Å². The number of nitrogens with zero attached hydrogens (tertiary/aromatic N) is 4. The number of hydrogen-bond acceptors (Lipinski definition) is 6. The van der Waals surface area contributed by atoms with Gasteiger partial charge in [-0.3, -0.25) is 19.4 Å². The first kappa shape index (κ1) is 19.3. The van der Waals surface area contributed by atoms with Gasteiger partial charge in [0.1, 0.15) is 10.5 Å². The summed E-state index contributed by atoms with van der Waals surface area (Å²) in [7, 11) is 0. The van der Waals surface area contributed by atoms with E-state index in [0.29, 0.717) is 39.4 Å². The van der Waals surface area contributed by atoms with Crippen molar-refractivity contribution in [2.24, 2.45) is 0 Å². The summed E-state index contributed by atoms with van der Waals surface area (Å²) in [5.74, 6) is -0.264.